The summed E-state index contributed by atoms with van der Waals surface area (Å²) < 4.78 is 0. The third-order valence-corrected chi connectivity index (χ3v) is 6.12. The Morgan fingerprint density at radius 2 is 1.56 bits per heavy atom. The molecule has 3 aromatic rings. The fourth-order valence-corrected chi connectivity index (χ4v) is 4.32. The van der Waals surface area contributed by atoms with Gasteiger partial charge in [-0.3, -0.25) is 24.1 Å². The minimum atomic E-state index is -0.910. The number of aromatic amines is 1. The van der Waals surface area contributed by atoms with Crippen LogP contribution in [0.15, 0.2) is 48.8 Å². The van der Waals surface area contributed by atoms with Crippen molar-refractivity contribution >= 4 is 34.7 Å². The minimum Gasteiger partial charge on any atom is -0.345 e. The zero-order chi connectivity index (χ0) is 22.4. The van der Waals surface area contributed by atoms with Gasteiger partial charge >= 0.3 is 0 Å². The van der Waals surface area contributed by atoms with Crippen LogP contribution in [-0.2, 0) is 4.79 Å². The average molecular weight is 431 g/mol. The maximum atomic E-state index is 13.1. The number of nitrogens with one attached hydrogen (secondary N) is 1. The van der Waals surface area contributed by atoms with E-state index in [1.165, 1.54) is 0 Å². The van der Waals surface area contributed by atoms with Gasteiger partial charge in [0.05, 0.1) is 28.5 Å². The number of amides is 4. The third kappa shape index (κ3) is 3.13. The first kappa shape index (κ1) is 19.9. The lowest BCUT2D eigenvalue weighted by molar-refractivity contribution is -0.136. The lowest BCUT2D eigenvalue weighted by Crippen LogP contribution is -2.56. The zero-order valence-corrected chi connectivity index (χ0v) is 17.4. The molecule has 9 nitrogen and oxygen atoms in total. The number of hydrogen-bond acceptors (Lipinski definition) is 5. The summed E-state index contributed by atoms with van der Waals surface area (Å²) in [7, 11) is 0. The number of nitrogens with zero attached hydrogens (tertiary/aromatic N) is 4. The number of imidazole rings is 1. The molecule has 3 heterocycles. The first-order valence-corrected chi connectivity index (χ1v) is 10.4. The highest BCUT2D eigenvalue weighted by Crippen LogP contribution is 2.25. The molecule has 9 heteroatoms. The van der Waals surface area contributed by atoms with Gasteiger partial charge < -0.3 is 14.8 Å². The standard InChI is InChI=1S/C23H21N5O4/c1-14(28-22(31)16-4-2-3-5-17(16)23(28)32)20(29)26-8-10-27(11-9-26)21(30)15-6-7-18-19(12-15)25-13-24-18/h2-7,12-14H,8-11H2,1H3,(H,24,25). The van der Waals surface area contributed by atoms with Crippen LogP contribution in [0.1, 0.15) is 38.0 Å². The Kier molecular flexibility index (Phi) is 4.73. The molecular formula is C23H21N5O4. The van der Waals surface area contributed by atoms with Crippen LogP contribution in [0.2, 0.25) is 0 Å². The number of carbonyl (C=O) groups is 4. The van der Waals surface area contributed by atoms with E-state index in [4.69, 9.17) is 0 Å². The Morgan fingerprint density at radius 3 is 2.22 bits per heavy atom. The molecule has 1 unspecified atom stereocenters. The number of carbonyl (C=O) groups excluding carboxylic acids is 4. The average Bonchev–Trinajstić information content (AvgIpc) is 3.40. The number of rotatable bonds is 3. The van der Waals surface area contributed by atoms with E-state index >= 15 is 0 Å². The number of hydrogen-bond donors (Lipinski definition) is 1. The Morgan fingerprint density at radius 1 is 0.938 bits per heavy atom. The van der Waals surface area contributed by atoms with Crippen LogP contribution in [0.3, 0.4) is 0 Å². The second-order valence-electron chi connectivity index (χ2n) is 7.95. The summed E-state index contributed by atoms with van der Waals surface area (Å²) in [5, 5.41) is 0. The van der Waals surface area contributed by atoms with E-state index in [0.717, 1.165) is 15.9 Å². The van der Waals surface area contributed by atoms with Gasteiger partial charge in [-0.05, 0) is 37.3 Å². The second kappa shape index (κ2) is 7.60. The number of aromatic nitrogens is 2. The Balaban J connectivity index is 1.24. The van der Waals surface area contributed by atoms with Crippen molar-refractivity contribution in [3.05, 3.63) is 65.5 Å². The van der Waals surface area contributed by atoms with Crippen LogP contribution in [0.25, 0.3) is 11.0 Å². The normalized spacial score (nSPS) is 17.1. The highest BCUT2D eigenvalue weighted by atomic mass is 16.2. The van der Waals surface area contributed by atoms with Crippen LogP contribution in [0, 0.1) is 0 Å². The maximum Gasteiger partial charge on any atom is 0.262 e. The summed E-state index contributed by atoms with van der Waals surface area (Å²) in [5.41, 5.74) is 2.78. The van der Waals surface area contributed by atoms with Crippen molar-refractivity contribution in [1.82, 2.24) is 24.7 Å². The first-order valence-electron chi connectivity index (χ1n) is 10.4. The highest BCUT2D eigenvalue weighted by molar-refractivity contribution is 6.22. The molecule has 1 N–H and O–H groups in total. The molecular weight excluding hydrogens is 410 g/mol. The molecule has 162 valence electrons. The van der Waals surface area contributed by atoms with Gasteiger partial charge in [0.25, 0.3) is 17.7 Å². The Bertz CT molecular complexity index is 1220. The molecule has 32 heavy (non-hydrogen) atoms. The monoisotopic (exact) mass is 431 g/mol. The summed E-state index contributed by atoms with van der Waals surface area (Å²) in [6.45, 7) is 3.00. The SMILES string of the molecule is CC(C(=O)N1CCN(C(=O)c2ccc3nc[nH]c3c2)CC1)N1C(=O)c2ccccc2C1=O. The molecule has 2 aliphatic rings. The fraction of sp³-hybridized carbons (Fsp3) is 0.261. The van der Waals surface area contributed by atoms with Crippen LogP contribution >= 0.6 is 0 Å². The van der Waals surface area contributed by atoms with Gasteiger partial charge in [0.2, 0.25) is 5.91 Å². The Labute approximate surface area is 183 Å². The van der Waals surface area contributed by atoms with Crippen molar-refractivity contribution in [2.45, 2.75) is 13.0 Å². The summed E-state index contributed by atoms with van der Waals surface area (Å²) in [4.78, 5) is 62.8. The molecule has 1 aromatic heterocycles. The quantitative estimate of drug-likeness (QED) is 0.633. The summed E-state index contributed by atoms with van der Waals surface area (Å²) >= 11 is 0. The number of imide groups is 1. The largest absolute Gasteiger partial charge is 0.345 e. The van der Waals surface area contributed by atoms with Crippen molar-refractivity contribution in [3.8, 4) is 0 Å². The minimum absolute atomic E-state index is 0.109. The van der Waals surface area contributed by atoms with Gasteiger partial charge in [0.15, 0.2) is 0 Å². The van der Waals surface area contributed by atoms with Crippen molar-refractivity contribution in [3.63, 3.8) is 0 Å². The highest BCUT2D eigenvalue weighted by Gasteiger charge is 2.42. The van der Waals surface area contributed by atoms with Gasteiger partial charge in [0.1, 0.15) is 6.04 Å². The molecule has 1 atom stereocenters. The number of benzene rings is 2. The molecule has 0 aliphatic carbocycles. The van der Waals surface area contributed by atoms with E-state index in [1.807, 2.05) is 0 Å². The fourth-order valence-electron chi connectivity index (χ4n) is 4.32. The number of fused-ring (bicyclic) bond motifs is 2. The molecule has 0 saturated carbocycles. The van der Waals surface area contributed by atoms with Crippen molar-refractivity contribution in [2.75, 3.05) is 26.2 Å². The third-order valence-electron chi connectivity index (χ3n) is 6.12. The molecule has 1 saturated heterocycles. The molecule has 2 aromatic carbocycles. The number of piperazine rings is 1. The van der Waals surface area contributed by atoms with Crippen LogP contribution < -0.4 is 0 Å². The first-order chi connectivity index (χ1) is 15.5. The van der Waals surface area contributed by atoms with E-state index in [-0.39, 0.29) is 11.8 Å². The smallest absolute Gasteiger partial charge is 0.262 e. The van der Waals surface area contributed by atoms with Gasteiger partial charge in [-0.15, -0.1) is 0 Å². The van der Waals surface area contributed by atoms with E-state index in [2.05, 4.69) is 9.97 Å². The summed E-state index contributed by atoms with van der Waals surface area (Å²) in [6.07, 6.45) is 1.58. The lowest BCUT2D eigenvalue weighted by Gasteiger charge is -2.37. The predicted octanol–water partition coefficient (Wildman–Crippen LogP) is 1.53. The van der Waals surface area contributed by atoms with E-state index in [9.17, 15) is 19.2 Å². The molecule has 4 amide bonds. The van der Waals surface area contributed by atoms with Crippen molar-refractivity contribution in [1.29, 1.82) is 0 Å². The van der Waals surface area contributed by atoms with E-state index < -0.39 is 17.9 Å². The van der Waals surface area contributed by atoms with Gasteiger partial charge in [-0.2, -0.15) is 0 Å². The van der Waals surface area contributed by atoms with Gasteiger partial charge in [-0.1, -0.05) is 12.1 Å². The maximum absolute atomic E-state index is 13.1. The molecule has 1 fully saturated rings. The molecule has 0 radical (unpaired) electrons. The Hall–Kier alpha value is -4.01. The predicted molar refractivity (Wildman–Crippen MR) is 115 cm³/mol. The summed E-state index contributed by atoms with van der Waals surface area (Å²) in [5.74, 6) is -1.31. The van der Waals surface area contributed by atoms with Gasteiger partial charge in [0, 0.05) is 31.7 Å². The van der Waals surface area contributed by atoms with E-state index in [1.54, 1.807) is 65.5 Å². The van der Waals surface area contributed by atoms with Crippen LogP contribution in [0.5, 0.6) is 0 Å². The second-order valence-corrected chi connectivity index (χ2v) is 7.95. The molecule has 0 spiro atoms. The molecule has 2 aliphatic heterocycles. The summed E-state index contributed by atoms with van der Waals surface area (Å²) in [6, 6.07) is 11.0. The van der Waals surface area contributed by atoms with Crippen molar-refractivity contribution in [2.24, 2.45) is 0 Å². The van der Waals surface area contributed by atoms with Crippen molar-refractivity contribution < 1.29 is 19.2 Å². The van der Waals surface area contributed by atoms with Crippen LogP contribution in [0.4, 0.5) is 0 Å². The number of H-pyrrole nitrogens is 1. The van der Waals surface area contributed by atoms with Crippen LogP contribution in [-0.4, -0.2) is 80.5 Å². The van der Waals surface area contributed by atoms with E-state index in [0.29, 0.717) is 42.9 Å². The molecule has 5 rings (SSSR count). The zero-order valence-electron chi connectivity index (χ0n) is 17.4. The lowest BCUT2D eigenvalue weighted by atomic mass is 10.1. The molecule has 0 bridgehead atoms. The topological polar surface area (TPSA) is 107 Å². The van der Waals surface area contributed by atoms with Gasteiger partial charge in [-0.25, -0.2) is 4.98 Å².